The predicted octanol–water partition coefficient (Wildman–Crippen LogP) is 3.61. The van der Waals surface area contributed by atoms with E-state index in [1.165, 1.54) is 46.0 Å². The quantitative estimate of drug-likeness (QED) is 0.517. The molecular formula is C13H28O4S. The van der Waals surface area contributed by atoms with Gasteiger partial charge in [-0.1, -0.05) is 51.9 Å². The maximum absolute atomic E-state index is 10.4. The van der Waals surface area contributed by atoms with Crippen molar-refractivity contribution in [1.29, 1.82) is 0 Å². The highest BCUT2D eigenvalue weighted by Gasteiger charge is 2.02. The van der Waals surface area contributed by atoms with Crippen molar-refractivity contribution in [3.8, 4) is 0 Å². The summed E-state index contributed by atoms with van der Waals surface area (Å²) in [4.78, 5) is 9.44. The normalized spacial score (nSPS) is 10.7. The lowest BCUT2D eigenvalue weighted by molar-refractivity contribution is -0.114. The molecule has 0 atom stereocenters. The van der Waals surface area contributed by atoms with Gasteiger partial charge in [-0.25, -0.2) is 0 Å². The van der Waals surface area contributed by atoms with E-state index in [-0.39, 0.29) is 11.5 Å². The molecule has 0 aliphatic rings. The Bertz CT molecular complexity index is 279. The highest BCUT2D eigenvalue weighted by atomic mass is 32.2. The lowest BCUT2D eigenvalue weighted by atomic mass is 10.1. The number of carbonyl (C=O) groups excluding carboxylic acids is 1. The van der Waals surface area contributed by atoms with Crippen LogP contribution >= 0.6 is 0 Å². The Labute approximate surface area is 112 Å². The largest absolute Gasteiger partial charge is 0.300 e. The predicted molar refractivity (Wildman–Crippen MR) is 75.4 cm³/mol. The van der Waals surface area contributed by atoms with E-state index in [0.717, 1.165) is 12.8 Å². The van der Waals surface area contributed by atoms with Crippen LogP contribution in [0.4, 0.5) is 0 Å². The molecular weight excluding hydrogens is 252 g/mol. The lowest BCUT2D eigenvalue weighted by Gasteiger charge is -2.00. The second-order valence-electron chi connectivity index (χ2n) is 4.67. The summed E-state index contributed by atoms with van der Waals surface area (Å²) in [5, 5.41) is 0. The Morgan fingerprint density at radius 3 is 1.56 bits per heavy atom. The summed E-state index contributed by atoms with van der Waals surface area (Å²) < 4.78 is 29.2. The standard InChI is InChI=1S/C10H22O3S.C3H6O/c1-2-3-4-5-6-7-8-9-10-14(11,12)13;1-3(2)4/h2-10H2,1H3,(H,11,12,13);1-2H3. The maximum Gasteiger partial charge on any atom is 0.264 e. The van der Waals surface area contributed by atoms with Crippen LogP contribution in [0.15, 0.2) is 0 Å². The van der Waals surface area contributed by atoms with E-state index in [9.17, 15) is 13.2 Å². The molecule has 0 aromatic heterocycles. The molecule has 0 amide bonds. The van der Waals surface area contributed by atoms with E-state index in [2.05, 4.69) is 6.92 Å². The smallest absolute Gasteiger partial charge is 0.264 e. The molecule has 18 heavy (non-hydrogen) atoms. The van der Waals surface area contributed by atoms with Gasteiger partial charge in [0.1, 0.15) is 5.78 Å². The summed E-state index contributed by atoms with van der Waals surface area (Å²) in [6, 6.07) is 0. The highest BCUT2D eigenvalue weighted by Crippen LogP contribution is 2.08. The molecule has 0 aromatic rings. The van der Waals surface area contributed by atoms with Crippen LogP contribution in [0.3, 0.4) is 0 Å². The van der Waals surface area contributed by atoms with Crippen LogP contribution in [0, 0.1) is 0 Å². The van der Waals surface area contributed by atoms with Gasteiger partial charge in [0.2, 0.25) is 0 Å². The van der Waals surface area contributed by atoms with Crippen LogP contribution in [-0.4, -0.2) is 24.5 Å². The third-order valence-electron chi connectivity index (χ3n) is 2.26. The molecule has 0 aromatic carbocycles. The molecule has 0 bridgehead atoms. The van der Waals surface area contributed by atoms with Crippen molar-refractivity contribution >= 4 is 15.9 Å². The van der Waals surface area contributed by atoms with Gasteiger partial charge < -0.3 is 4.79 Å². The lowest BCUT2D eigenvalue weighted by Crippen LogP contribution is -2.03. The number of hydrogen-bond donors (Lipinski definition) is 1. The Morgan fingerprint density at radius 2 is 1.22 bits per heavy atom. The minimum Gasteiger partial charge on any atom is -0.300 e. The van der Waals surface area contributed by atoms with E-state index in [4.69, 9.17) is 4.55 Å². The molecule has 0 unspecified atom stereocenters. The van der Waals surface area contributed by atoms with E-state index in [1.54, 1.807) is 0 Å². The maximum atomic E-state index is 10.4. The number of hydrogen-bond acceptors (Lipinski definition) is 3. The number of ketones is 1. The fourth-order valence-corrected chi connectivity index (χ4v) is 1.99. The second-order valence-corrected chi connectivity index (χ2v) is 6.24. The van der Waals surface area contributed by atoms with Crippen LogP contribution in [-0.2, 0) is 14.9 Å². The van der Waals surface area contributed by atoms with E-state index < -0.39 is 10.1 Å². The van der Waals surface area contributed by atoms with Crippen molar-refractivity contribution in [1.82, 2.24) is 0 Å². The fraction of sp³-hybridized carbons (Fsp3) is 0.923. The summed E-state index contributed by atoms with van der Waals surface area (Å²) >= 11 is 0. The van der Waals surface area contributed by atoms with Crippen LogP contribution in [0.25, 0.3) is 0 Å². The van der Waals surface area contributed by atoms with Crippen LogP contribution in [0.1, 0.15) is 72.1 Å². The van der Waals surface area contributed by atoms with Crippen molar-refractivity contribution in [3.63, 3.8) is 0 Å². The molecule has 0 rings (SSSR count). The first-order chi connectivity index (χ1) is 8.29. The molecule has 0 radical (unpaired) electrons. The number of rotatable bonds is 9. The van der Waals surface area contributed by atoms with Crippen LogP contribution < -0.4 is 0 Å². The zero-order valence-corrected chi connectivity index (χ0v) is 12.8. The summed E-state index contributed by atoms with van der Waals surface area (Å²) in [7, 11) is -3.73. The SMILES string of the molecule is CC(C)=O.CCCCCCCCCCS(=O)(=O)O. The van der Waals surface area contributed by atoms with Gasteiger partial charge in [-0.05, 0) is 20.3 Å². The summed E-state index contributed by atoms with van der Waals surface area (Å²) in [5.41, 5.74) is 0. The first kappa shape index (κ1) is 19.9. The van der Waals surface area contributed by atoms with Gasteiger partial charge in [-0.2, -0.15) is 8.42 Å². The molecule has 4 nitrogen and oxygen atoms in total. The molecule has 0 saturated heterocycles. The molecule has 5 heteroatoms. The molecule has 0 spiro atoms. The molecule has 0 heterocycles. The van der Waals surface area contributed by atoms with Crippen molar-refractivity contribution < 1.29 is 17.8 Å². The first-order valence-corrected chi connectivity index (χ1v) is 8.32. The monoisotopic (exact) mass is 280 g/mol. The third kappa shape index (κ3) is 29.6. The zero-order chi connectivity index (χ0) is 14.4. The number of Topliss-reactive ketones (excluding diaryl/α,β-unsaturated/α-hetero) is 1. The molecule has 0 aliphatic heterocycles. The van der Waals surface area contributed by atoms with Crippen LogP contribution in [0.2, 0.25) is 0 Å². The second kappa shape index (κ2) is 13.0. The van der Waals surface area contributed by atoms with Gasteiger partial charge in [0.25, 0.3) is 10.1 Å². The average molecular weight is 280 g/mol. The van der Waals surface area contributed by atoms with E-state index >= 15 is 0 Å². The molecule has 0 aliphatic carbocycles. The van der Waals surface area contributed by atoms with Gasteiger partial charge in [-0.15, -0.1) is 0 Å². The van der Waals surface area contributed by atoms with Gasteiger partial charge in [0.15, 0.2) is 0 Å². The first-order valence-electron chi connectivity index (χ1n) is 6.72. The molecule has 1 N–H and O–H groups in total. The average Bonchev–Trinajstić information content (AvgIpc) is 2.19. The van der Waals surface area contributed by atoms with Gasteiger partial charge in [-0.3, -0.25) is 4.55 Å². The Hall–Kier alpha value is -0.420. The van der Waals surface area contributed by atoms with E-state index in [0.29, 0.717) is 6.42 Å². The van der Waals surface area contributed by atoms with Crippen molar-refractivity contribution in [2.45, 2.75) is 72.1 Å². The Kier molecular flexibility index (Phi) is 14.4. The van der Waals surface area contributed by atoms with Gasteiger partial charge >= 0.3 is 0 Å². The summed E-state index contributed by atoms with van der Waals surface area (Å²) in [5.74, 6) is 0.0853. The minimum atomic E-state index is -3.73. The summed E-state index contributed by atoms with van der Waals surface area (Å²) in [6.45, 7) is 5.24. The molecule has 0 saturated carbocycles. The van der Waals surface area contributed by atoms with Crippen molar-refractivity contribution in [2.75, 3.05) is 5.75 Å². The van der Waals surface area contributed by atoms with Crippen molar-refractivity contribution in [3.05, 3.63) is 0 Å². The van der Waals surface area contributed by atoms with E-state index in [1.807, 2.05) is 0 Å². The zero-order valence-electron chi connectivity index (χ0n) is 11.9. The molecule has 0 fully saturated rings. The Balaban J connectivity index is 0. The highest BCUT2D eigenvalue weighted by molar-refractivity contribution is 7.85. The van der Waals surface area contributed by atoms with Gasteiger partial charge in [0, 0.05) is 0 Å². The molecule has 110 valence electrons. The van der Waals surface area contributed by atoms with Crippen LogP contribution in [0.5, 0.6) is 0 Å². The fourth-order valence-electron chi connectivity index (χ4n) is 1.42. The minimum absolute atomic E-state index is 0.0814. The van der Waals surface area contributed by atoms with Crippen molar-refractivity contribution in [2.24, 2.45) is 0 Å². The topological polar surface area (TPSA) is 71.4 Å². The number of unbranched alkanes of at least 4 members (excludes halogenated alkanes) is 7. The Morgan fingerprint density at radius 1 is 0.889 bits per heavy atom. The number of carbonyl (C=O) groups is 1. The van der Waals surface area contributed by atoms with Gasteiger partial charge in [0.05, 0.1) is 5.75 Å². The third-order valence-corrected chi connectivity index (χ3v) is 3.06. The summed E-state index contributed by atoms with van der Waals surface area (Å²) in [6.07, 6.45) is 8.85.